The van der Waals surface area contributed by atoms with Gasteiger partial charge in [-0.2, -0.15) is 0 Å². The minimum atomic E-state index is -0.491. The molecule has 2 rings (SSSR count). The van der Waals surface area contributed by atoms with Crippen molar-refractivity contribution in [3.63, 3.8) is 0 Å². The molecule has 0 fully saturated rings. The van der Waals surface area contributed by atoms with Crippen molar-refractivity contribution in [2.75, 3.05) is 18.4 Å². The van der Waals surface area contributed by atoms with E-state index in [0.29, 0.717) is 6.54 Å². The molecule has 6 nitrogen and oxygen atoms in total. The first-order valence-corrected chi connectivity index (χ1v) is 8.63. The van der Waals surface area contributed by atoms with Gasteiger partial charge in [0.2, 0.25) is 5.91 Å². The lowest BCUT2D eigenvalue weighted by Crippen LogP contribution is -2.35. The van der Waals surface area contributed by atoms with E-state index in [0.717, 1.165) is 18.5 Å². The van der Waals surface area contributed by atoms with Crippen molar-refractivity contribution in [1.82, 2.24) is 14.9 Å². The zero-order valence-corrected chi connectivity index (χ0v) is 15.0. The lowest BCUT2D eigenvalue weighted by Gasteiger charge is -2.22. The zero-order chi connectivity index (χ0) is 18.9. The Kier molecular flexibility index (Phi) is 7.20. The number of halogens is 1. The first kappa shape index (κ1) is 19.5. The number of carbonyl (C=O) groups is 2. The molecule has 0 atom stereocenters. The second-order valence-electron chi connectivity index (χ2n) is 5.97. The van der Waals surface area contributed by atoms with Gasteiger partial charge in [0.25, 0.3) is 5.91 Å². The summed E-state index contributed by atoms with van der Waals surface area (Å²) < 4.78 is 13.6. The third-order valence-corrected chi connectivity index (χ3v) is 3.83. The van der Waals surface area contributed by atoms with E-state index in [-0.39, 0.29) is 36.2 Å². The number of nitrogens with one attached hydrogen (secondary N) is 1. The molecule has 0 unspecified atom stereocenters. The van der Waals surface area contributed by atoms with Crippen molar-refractivity contribution in [3.05, 3.63) is 53.9 Å². The zero-order valence-electron chi connectivity index (χ0n) is 15.0. The highest BCUT2D eigenvalue weighted by molar-refractivity contribution is 5.93. The predicted octanol–water partition coefficient (Wildman–Crippen LogP) is 3.20. The van der Waals surface area contributed by atoms with Gasteiger partial charge in [0, 0.05) is 25.7 Å². The Labute approximate surface area is 152 Å². The smallest absolute Gasteiger partial charge is 0.274 e. The molecule has 0 aliphatic rings. The lowest BCUT2D eigenvalue weighted by molar-refractivity contribution is -0.116. The largest absolute Gasteiger partial charge is 0.337 e. The van der Waals surface area contributed by atoms with Crippen LogP contribution in [-0.4, -0.2) is 39.8 Å². The Morgan fingerprint density at radius 1 is 1.15 bits per heavy atom. The van der Waals surface area contributed by atoms with Gasteiger partial charge in [-0.15, -0.1) is 0 Å². The second-order valence-corrected chi connectivity index (χ2v) is 5.97. The number of rotatable bonds is 8. The molecule has 138 valence electrons. The van der Waals surface area contributed by atoms with Gasteiger partial charge in [0.05, 0.1) is 17.6 Å². The quantitative estimate of drug-likeness (QED) is 0.786. The Morgan fingerprint density at radius 2 is 1.92 bits per heavy atom. The molecule has 0 saturated heterocycles. The fraction of sp³-hybridized carbons (Fsp3) is 0.368. The third-order valence-electron chi connectivity index (χ3n) is 3.83. The van der Waals surface area contributed by atoms with Crippen LogP contribution >= 0.6 is 0 Å². The van der Waals surface area contributed by atoms with Gasteiger partial charge in [-0.05, 0) is 25.5 Å². The van der Waals surface area contributed by atoms with Crippen LogP contribution in [0, 0.1) is 12.7 Å². The summed E-state index contributed by atoms with van der Waals surface area (Å²) in [4.78, 5) is 34.5. The normalized spacial score (nSPS) is 10.4. The van der Waals surface area contributed by atoms with Crippen LogP contribution in [0.2, 0.25) is 0 Å². The Morgan fingerprint density at radius 3 is 2.58 bits per heavy atom. The van der Waals surface area contributed by atoms with Crippen molar-refractivity contribution < 1.29 is 14.0 Å². The maximum Gasteiger partial charge on any atom is 0.274 e. The van der Waals surface area contributed by atoms with E-state index in [2.05, 4.69) is 15.3 Å². The fourth-order valence-electron chi connectivity index (χ4n) is 2.34. The molecule has 0 radical (unpaired) electrons. The maximum atomic E-state index is 13.6. The number of hydrogen-bond acceptors (Lipinski definition) is 4. The van der Waals surface area contributed by atoms with Crippen LogP contribution in [0.3, 0.4) is 0 Å². The fourth-order valence-corrected chi connectivity index (χ4v) is 2.34. The van der Waals surface area contributed by atoms with Crippen LogP contribution in [0.25, 0.3) is 0 Å². The summed E-state index contributed by atoms with van der Waals surface area (Å²) in [5, 5.41) is 2.53. The van der Waals surface area contributed by atoms with Crippen LogP contribution in [0.4, 0.5) is 10.1 Å². The van der Waals surface area contributed by atoms with Gasteiger partial charge in [0.1, 0.15) is 11.5 Å². The average Bonchev–Trinajstić information content (AvgIpc) is 2.64. The molecule has 7 heteroatoms. The first-order valence-electron chi connectivity index (χ1n) is 8.63. The summed E-state index contributed by atoms with van der Waals surface area (Å²) in [6.07, 6.45) is 4.79. The monoisotopic (exact) mass is 358 g/mol. The minimum absolute atomic E-state index is 0.0725. The summed E-state index contributed by atoms with van der Waals surface area (Å²) in [6.45, 7) is 4.58. The molecule has 2 amide bonds. The first-order chi connectivity index (χ1) is 12.5. The molecule has 26 heavy (non-hydrogen) atoms. The van der Waals surface area contributed by atoms with Gasteiger partial charge < -0.3 is 10.2 Å². The Balaban J connectivity index is 1.98. The number of aromatic nitrogens is 2. The van der Waals surface area contributed by atoms with Crippen LogP contribution in [-0.2, 0) is 4.79 Å². The molecule has 0 bridgehead atoms. The minimum Gasteiger partial charge on any atom is -0.337 e. The van der Waals surface area contributed by atoms with Gasteiger partial charge in [0.15, 0.2) is 0 Å². The molecular weight excluding hydrogens is 335 g/mol. The second kappa shape index (κ2) is 9.60. The third kappa shape index (κ3) is 5.61. The van der Waals surface area contributed by atoms with Crippen LogP contribution in [0.1, 0.15) is 42.4 Å². The molecule has 0 saturated carbocycles. The molecule has 0 spiro atoms. The molecule has 1 heterocycles. The molecule has 0 aliphatic heterocycles. The number of para-hydroxylation sites is 1. The number of benzene rings is 1. The topological polar surface area (TPSA) is 75.2 Å². The van der Waals surface area contributed by atoms with Crippen molar-refractivity contribution >= 4 is 17.5 Å². The van der Waals surface area contributed by atoms with E-state index < -0.39 is 5.82 Å². The van der Waals surface area contributed by atoms with Crippen molar-refractivity contribution in [3.8, 4) is 0 Å². The predicted molar refractivity (Wildman–Crippen MR) is 97.2 cm³/mol. The number of nitrogens with zero attached hydrogens (tertiary/aromatic N) is 3. The summed E-state index contributed by atoms with van der Waals surface area (Å²) in [6, 6.07) is 5.97. The summed E-state index contributed by atoms with van der Waals surface area (Å²) in [7, 11) is 0. The van der Waals surface area contributed by atoms with Crippen molar-refractivity contribution in [2.45, 2.75) is 33.1 Å². The van der Waals surface area contributed by atoms with Crippen LogP contribution < -0.4 is 5.32 Å². The highest BCUT2D eigenvalue weighted by atomic mass is 19.1. The van der Waals surface area contributed by atoms with E-state index >= 15 is 0 Å². The molecule has 0 aliphatic carbocycles. The number of hydrogen-bond donors (Lipinski definition) is 1. The molecular formula is C19H23FN4O2. The SMILES string of the molecule is CCCCN(CCC(=O)Nc1ccccc1F)C(=O)c1cnc(C)cn1. The van der Waals surface area contributed by atoms with E-state index in [1.54, 1.807) is 24.0 Å². The summed E-state index contributed by atoms with van der Waals surface area (Å²) >= 11 is 0. The maximum absolute atomic E-state index is 13.6. The number of unbranched alkanes of at least 4 members (excludes halogenated alkanes) is 1. The van der Waals surface area contributed by atoms with Gasteiger partial charge >= 0.3 is 0 Å². The van der Waals surface area contributed by atoms with Gasteiger partial charge in [-0.3, -0.25) is 14.6 Å². The Bertz CT molecular complexity index is 749. The highest BCUT2D eigenvalue weighted by Gasteiger charge is 2.18. The highest BCUT2D eigenvalue weighted by Crippen LogP contribution is 2.13. The molecule has 1 N–H and O–H groups in total. The summed E-state index contributed by atoms with van der Waals surface area (Å²) in [5.74, 6) is -1.10. The van der Waals surface area contributed by atoms with Gasteiger partial charge in [-0.1, -0.05) is 25.5 Å². The van der Waals surface area contributed by atoms with Crippen molar-refractivity contribution in [1.29, 1.82) is 0 Å². The average molecular weight is 358 g/mol. The number of anilines is 1. The Hall–Kier alpha value is -2.83. The van der Waals surface area contributed by atoms with E-state index in [1.165, 1.54) is 24.5 Å². The van der Waals surface area contributed by atoms with Gasteiger partial charge in [-0.25, -0.2) is 9.37 Å². The van der Waals surface area contributed by atoms with E-state index in [1.807, 2.05) is 6.92 Å². The molecule has 1 aromatic heterocycles. The van der Waals surface area contributed by atoms with Crippen molar-refractivity contribution in [2.24, 2.45) is 0 Å². The number of carbonyl (C=O) groups excluding carboxylic acids is 2. The standard InChI is InChI=1S/C19H23FN4O2/c1-3-4-10-24(19(26)17-13-21-14(2)12-22-17)11-9-18(25)23-16-8-6-5-7-15(16)20/h5-8,12-13H,3-4,9-11H2,1-2H3,(H,23,25). The van der Waals surface area contributed by atoms with Crippen LogP contribution in [0.15, 0.2) is 36.7 Å². The lowest BCUT2D eigenvalue weighted by atomic mass is 10.2. The molecule has 1 aromatic carbocycles. The summed E-state index contributed by atoms with van der Waals surface area (Å²) in [5.41, 5.74) is 1.11. The van der Waals surface area contributed by atoms with E-state index in [4.69, 9.17) is 0 Å². The molecule has 2 aromatic rings. The van der Waals surface area contributed by atoms with Crippen LogP contribution in [0.5, 0.6) is 0 Å². The number of aryl methyl sites for hydroxylation is 1. The number of amides is 2. The van der Waals surface area contributed by atoms with E-state index in [9.17, 15) is 14.0 Å².